The molecule has 3 heteroatoms. The maximum atomic E-state index is 11.1. The molecule has 1 aromatic rings. The average molecular weight is 198 g/mol. The molecule has 0 saturated carbocycles. The summed E-state index contributed by atoms with van der Waals surface area (Å²) in [7, 11) is 1.59. The number of benzene rings is 1. The van der Waals surface area contributed by atoms with Crippen molar-refractivity contribution in [2.24, 2.45) is 0 Å². The highest BCUT2D eigenvalue weighted by atomic mass is 35.5. The van der Waals surface area contributed by atoms with Gasteiger partial charge in [-0.05, 0) is 12.0 Å². The first kappa shape index (κ1) is 10.1. The van der Waals surface area contributed by atoms with Crippen LogP contribution in [0.3, 0.4) is 0 Å². The molecule has 0 saturated heterocycles. The minimum atomic E-state index is -0.479. The molecule has 1 atom stereocenters. The molecular weight excluding hydrogens is 186 g/mol. The molecule has 0 unspecified atom stereocenters. The number of carbonyl (C=O) groups is 1. The largest absolute Gasteiger partial charge is 0.358 e. The lowest BCUT2D eigenvalue weighted by atomic mass is 10.1. The maximum absolute atomic E-state index is 11.1. The van der Waals surface area contributed by atoms with Crippen LogP contribution in [0.25, 0.3) is 0 Å². The van der Waals surface area contributed by atoms with Gasteiger partial charge in [0.25, 0.3) is 0 Å². The smallest absolute Gasteiger partial charge is 0.238 e. The molecule has 1 aromatic carbocycles. The van der Waals surface area contributed by atoms with Crippen molar-refractivity contribution in [1.29, 1.82) is 0 Å². The standard InChI is InChI=1S/C10H12ClNO/c1-12-10(13)9(11)7-8-5-3-2-4-6-8/h2-6,9H,7H2,1H3,(H,12,13)/t9-/m0/s1. The van der Waals surface area contributed by atoms with Crippen LogP contribution in [0.2, 0.25) is 0 Å². The van der Waals surface area contributed by atoms with Crippen LogP contribution in [0, 0.1) is 0 Å². The molecule has 1 amide bonds. The van der Waals surface area contributed by atoms with E-state index >= 15 is 0 Å². The quantitative estimate of drug-likeness (QED) is 0.733. The van der Waals surface area contributed by atoms with Crippen molar-refractivity contribution >= 4 is 17.5 Å². The number of alkyl halides is 1. The SMILES string of the molecule is CNC(=O)[C@@H](Cl)Cc1ccccc1. The van der Waals surface area contributed by atoms with Crippen LogP contribution >= 0.6 is 11.6 Å². The van der Waals surface area contributed by atoms with Gasteiger partial charge in [0.1, 0.15) is 5.38 Å². The summed E-state index contributed by atoms with van der Waals surface area (Å²) in [5.74, 6) is -0.134. The summed E-state index contributed by atoms with van der Waals surface area (Å²) in [6.45, 7) is 0. The van der Waals surface area contributed by atoms with Gasteiger partial charge in [0.05, 0.1) is 0 Å². The predicted molar refractivity (Wildman–Crippen MR) is 53.9 cm³/mol. The van der Waals surface area contributed by atoms with E-state index in [9.17, 15) is 4.79 Å². The van der Waals surface area contributed by atoms with Crippen molar-refractivity contribution < 1.29 is 4.79 Å². The molecule has 0 bridgehead atoms. The fraction of sp³-hybridized carbons (Fsp3) is 0.300. The first-order chi connectivity index (χ1) is 6.24. The van der Waals surface area contributed by atoms with E-state index in [1.807, 2.05) is 30.3 Å². The molecular formula is C10H12ClNO. The number of nitrogens with one attached hydrogen (secondary N) is 1. The van der Waals surface area contributed by atoms with Crippen LogP contribution in [0.5, 0.6) is 0 Å². The third kappa shape index (κ3) is 3.07. The lowest BCUT2D eigenvalue weighted by molar-refractivity contribution is -0.120. The van der Waals surface area contributed by atoms with E-state index < -0.39 is 5.38 Å². The number of hydrogen-bond donors (Lipinski definition) is 1. The van der Waals surface area contributed by atoms with Crippen LogP contribution in [0.4, 0.5) is 0 Å². The van der Waals surface area contributed by atoms with Gasteiger partial charge in [-0.1, -0.05) is 30.3 Å². The number of amides is 1. The van der Waals surface area contributed by atoms with Crippen LogP contribution in [-0.2, 0) is 11.2 Å². The second-order valence-electron chi connectivity index (χ2n) is 2.77. The molecule has 0 aliphatic rings. The molecule has 13 heavy (non-hydrogen) atoms. The highest BCUT2D eigenvalue weighted by molar-refractivity contribution is 6.30. The summed E-state index contributed by atoms with van der Waals surface area (Å²) in [4.78, 5) is 11.1. The zero-order valence-corrected chi connectivity index (χ0v) is 8.21. The lowest BCUT2D eigenvalue weighted by Gasteiger charge is -2.07. The fourth-order valence-electron chi connectivity index (χ4n) is 1.07. The highest BCUT2D eigenvalue weighted by Crippen LogP contribution is 2.07. The van der Waals surface area contributed by atoms with Gasteiger partial charge in [0, 0.05) is 7.05 Å². The number of hydrogen-bond acceptors (Lipinski definition) is 1. The van der Waals surface area contributed by atoms with E-state index in [0.29, 0.717) is 6.42 Å². The van der Waals surface area contributed by atoms with E-state index in [2.05, 4.69) is 5.32 Å². The second kappa shape index (κ2) is 4.87. The van der Waals surface area contributed by atoms with Crippen molar-refractivity contribution in [3.05, 3.63) is 35.9 Å². The molecule has 70 valence electrons. The molecule has 0 radical (unpaired) electrons. The maximum Gasteiger partial charge on any atom is 0.238 e. The van der Waals surface area contributed by atoms with Gasteiger partial charge < -0.3 is 5.32 Å². The second-order valence-corrected chi connectivity index (χ2v) is 3.30. The monoisotopic (exact) mass is 197 g/mol. The van der Waals surface area contributed by atoms with Gasteiger partial charge in [0.15, 0.2) is 0 Å². The Morgan fingerprint density at radius 2 is 2.08 bits per heavy atom. The van der Waals surface area contributed by atoms with Crippen molar-refractivity contribution in [3.63, 3.8) is 0 Å². The minimum absolute atomic E-state index is 0.134. The summed E-state index contributed by atoms with van der Waals surface area (Å²) in [5, 5.41) is 2.03. The normalized spacial score (nSPS) is 12.2. The third-order valence-corrected chi connectivity index (χ3v) is 2.14. The van der Waals surface area contributed by atoms with E-state index in [0.717, 1.165) is 5.56 Å². The van der Waals surface area contributed by atoms with Crippen LogP contribution < -0.4 is 5.32 Å². The molecule has 0 aliphatic carbocycles. The average Bonchev–Trinajstić information content (AvgIpc) is 2.18. The molecule has 0 fully saturated rings. The molecule has 1 N–H and O–H groups in total. The third-order valence-electron chi connectivity index (χ3n) is 1.79. The zero-order valence-electron chi connectivity index (χ0n) is 7.46. The van der Waals surface area contributed by atoms with Gasteiger partial charge in [-0.3, -0.25) is 4.79 Å². The summed E-state index contributed by atoms with van der Waals surface area (Å²) in [6, 6.07) is 9.72. The Bertz CT molecular complexity index is 274. The Balaban J connectivity index is 2.55. The van der Waals surface area contributed by atoms with E-state index in [1.54, 1.807) is 7.05 Å². The van der Waals surface area contributed by atoms with Gasteiger partial charge in [-0.2, -0.15) is 0 Å². The van der Waals surface area contributed by atoms with E-state index in [-0.39, 0.29) is 5.91 Å². The molecule has 0 aromatic heterocycles. The predicted octanol–water partition coefficient (Wildman–Crippen LogP) is 1.58. The van der Waals surface area contributed by atoms with E-state index in [1.165, 1.54) is 0 Å². The molecule has 1 rings (SSSR count). The number of rotatable bonds is 3. The Hall–Kier alpha value is -1.02. The van der Waals surface area contributed by atoms with Gasteiger partial charge in [-0.25, -0.2) is 0 Å². The summed E-state index contributed by atoms with van der Waals surface area (Å²) >= 11 is 5.85. The molecule has 2 nitrogen and oxygen atoms in total. The van der Waals surface area contributed by atoms with Crippen molar-refractivity contribution in [2.45, 2.75) is 11.8 Å². The van der Waals surface area contributed by atoms with Crippen molar-refractivity contribution in [2.75, 3.05) is 7.05 Å². The Morgan fingerprint density at radius 1 is 1.46 bits per heavy atom. The number of halogens is 1. The first-order valence-corrected chi connectivity index (χ1v) is 4.57. The Kier molecular flexibility index (Phi) is 3.77. The summed E-state index contributed by atoms with van der Waals surface area (Å²) < 4.78 is 0. The molecule has 0 aliphatic heterocycles. The summed E-state index contributed by atoms with van der Waals surface area (Å²) in [6.07, 6.45) is 0.571. The van der Waals surface area contributed by atoms with Crippen LogP contribution in [0.1, 0.15) is 5.56 Å². The first-order valence-electron chi connectivity index (χ1n) is 4.13. The van der Waals surface area contributed by atoms with E-state index in [4.69, 9.17) is 11.6 Å². The Labute approximate surface area is 82.9 Å². The molecule has 0 spiro atoms. The fourth-order valence-corrected chi connectivity index (χ4v) is 1.36. The minimum Gasteiger partial charge on any atom is -0.358 e. The van der Waals surface area contributed by atoms with Gasteiger partial charge in [-0.15, -0.1) is 11.6 Å². The van der Waals surface area contributed by atoms with Gasteiger partial charge in [0.2, 0.25) is 5.91 Å². The topological polar surface area (TPSA) is 29.1 Å². The summed E-state index contributed by atoms with van der Waals surface area (Å²) in [5.41, 5.74) is 1.08. The molecule has 0 heterocycles. The van der Waals surface area contributed by atoms with Crippen molar-refractivity contribution in [3.8, 4) is 0 Å². The van der Waals surface area contributed by atoms with Crippen LogP contribution in [0.15, 0.2) is 30.3 Å². The zero-order chi connectivity index (χ0) is 9.68. The lowest BCUT2D eigenvalue weighted by Crippen LogP contribution is -2.29. The van der Waals surface area contributed by atoms with Crippen molar-refractivity contribution in [1.82, 2.24) is 5.32 Å². The van der Waals surface area contributed by atoms with Crippen LogP contribution in [-0.4, -0.2) is 18.3 Å². The number of carbonyl (C=O) groups excluding carboxylic acids is 1. The van der Waals surface area contributed by atoms with Gasteiger partial charge >= 0.3 is 0 Å². The Morgan fingerprint density at radius 3 is 2.62 bits per heavy atom. The highest BCUT2D eigenvalue weighted by Gasteiger charge is 2.13.